The van der Waals surface area contributed by atoms with Gasteiger partial charge in [0.05, 0.1) is 7.11 Å². The standard InChI is InChI=1S/C21H25NO11P2/c1-29-18-11-15(8-9-17(18)31-20(23)30-16-6-2-3-7-16)19-32-34(25,26)21(24,35(27,28)33-19)12-14-5-4-10-22-13-14/h4-5,8-11,13,16,19,24H,2-3,6-7,12H2,1H3,(H,25,26)(H,27,28). The Hall–Kier alpha value is -2.30. The van der Waals surface area contributed by atoms with E-state index in [1.54, 1.807) is 0 Å². The van der Waals surface area contributed by atoms with E-state index >= 15 is 0 Å². The van der Waals surface area contributed by atoms with Crippen LogP contribution in [0.25, 0.3) is 0 Å². The maximum absolute atomic E-state index is 13.0. The zero-order chi connectivity index (χ0) is 25.3. The number of carbonyl (C=O) groups excluding carboxylic acids is 1. The molecule has 0 radical (unpaired) electrons. The summed E-state index contributed by atoms with van der Waals surface area (Å²) in [5.74, 6) is -0.00249. The molecule has 14 heteroatoms. The van der Waals surface area contributed by atoms with Crippen molar-refractivity contribution in [3.63, 3.8) is 0 Å². The van der Waals surface area contributed by atoms with Gasteiger partial charge in [-0.3, -0.25) is 23.2 Å². The highest BCUT2D eigenvalue weighted by Crippen LogP contribution is 2.79. The fourth-order valence-corrected chi connectivity index (χ4v) is 7.46. The fourth-order valence-electron chi connectivity index (χ4n) is 3.88. The summed E-state index contributed by atoms with van der Waals surface area (Å²) >= 11 is 0. The Labute approximate surface area is 200 Å². The van der Waals surface area contributed by atoms with Gasteiger partial charge in [0.1, 0.15) is 6.10 Å². The van der Waals surface area contributed by atoms with Gasteiger partial charge < -0.3 is 29.1 Å². The van der Waals surface area contributed by atoms with E-state index in [1.165, 1.54) is 49.8 Å². The van der Waals surface area contributed by atoms with Crippen LogP contribution in [0, 0.1) is 0 Å². The zero-order valence-corrected chi connectivity index (χ0v) is 20.5. The molecule has 2 fully saturated rings. The number of hydrogen-bond acceptors (Lipinski definition) is 10. The zero-order valence-electron chi connectivity index (χ0n) is 18.7. The molecule has 35 heavy (non-hydrogen) atoms. The molecule has 2 heterocycles. The lowest BCUT2D eigenvalue weighted by molar-refractivity contribution is -0.0580. The monoisotopic (exact) mass is 529 g/mol. The molecule has 0 spiro atoms. The molecule has 0 bridgehead atoms. The van der Waals surface area contributed by atoms with E-state index in [1.807, 2.05) is 0 Å². The summed E-state index contributed by atoms with van der Waals surface area (Å²) in [6, 6.07) is 6.78. The number of aliphatic hydroxyl groups is 1. The molecule has 1 aromatic heterocycles. The summed E-state index contributed by atoms with van der Waals surface area (Å²) in [5, 5.41) is 7.69. The van der Waals surface area contributed by atoms with Gasteiger partial charge in [-0.05, 0) is 55.5 Å². The number of nitrogens with zero attached hydrogens (tertiary/aromatic N) is 1. The van der Waals surface area contributed by atoms with Crippen molar-refractivity contribution in [2.75, 3.05) is 7.11 Å². The predicted octanol–water partition coefficient (Wildman–Crippen LogP) is 3.85. The summed E-state index contributed by atoms with van der Waals surface area (Å²) < 4.78 is 51.8. The second-order valence-corrected chi connectivity index (χ2v) is 12.5. The van der Waals surface area contributed by atoms with E-state index in [4.69, 9.17) is 23.3 Å². The first-order valence-electron chi connectivity index (χ1n) is 10.7. The smallest absolute Gasteiger partial charge is 0.493 e. The Bertz CT molecular complexity index is 1140. The van der Waals surface area contributed by atoms with E-state index in [0.29, 0.717) is 0 Å². The number of methoxy groups -OCH3 is 1. The lowest BCUT2D eigenvalue weighted by Crippen LogP contribution is -2.37. The Morgan fingerprint density at radius 1 is 1.14 bits per heavy atom. The molecule has 1 aromatic carbocycles. The number of carbonyl (C=O) groups is 1. The summed E-state index contributed by atoms with van der Waals surface area (Å²) in [7, 11) is -9.01. The van der Waals surface area contributed by atoms with Crippen molar-refractivity contribution in [1.29, 1.82) is 0 Å². The van der Waals surface area contributed by atoms with Crippen molar-refractivity contribution in [2.45, 2.75) is 49.6 Å². The molecular weight excluding hydrogens is 504 g/mol. The second kappa shape index (κ2) is 9.99. The third kappa shape index (κ3) is 5.29. The fraction of sp³-hybridized carbons (Fsp3) is 0.429. The van der Waals surface area contributed by atoms with Crippen molar-refractivity contribution in [2.24, 2.45) is 0 Å². The molecule has 2 aromatic rings. The first-order chi connectivity index (χ1) is 16.5. The quantitative estimate of drug-likeness (QED) is 0.281. The molecule has 2 unspecified atom stereocenters. The molecule has 1 aliphatic carbocycles. The van der Waals surface area contributed by atoms with E-state index in [9.17, 15) is 28.8 Å². The Morgan fingerprint density at radius 2 is 1.83 bits per heavy atom. The highest BCUT2D eigenvalue weighted by molar-refractivity contribution is 7.73. The van der Waals surface area contributed by atoms with Crippen molar-refractivity contribution >= 4 is 21.3 Å². The molecular formula is C21H25NO11P2. The normalized spacial score (nSPS) is 31.1. The van der Waals surface area contributed by atoms with Crippen LogP contribution in [0.2, 0.25) is 0 Å². The van der Waals surface area contributed by atoms with E-state index in [0.717, 1.165) is 25.7 Å². The van der Waals surface area contributed by atoms with Gasteiger partial charge in [-0.2, -0.15) is 0 Å². The van der Waals surface area contributed by atoms with Gasteiger partial charge in [-0.25, -0.2) is 4.79 Å². The minimum absolute atomic E-state index is 0.00494. The molecule has 1 aliphatic heterocycles. The number of ether oxygens (including phenoxy) is 3. The molecule has 0 amide bonds. The molecule has 3 N–H and O–H groups in total. The molecule has 190 valence electrons. The molecule has 4 rings (SSSR count). The number of aromatic nitrogens is 1. The van der Waals surface area contributed by atoms with E-state index in [2.05, 4.69) is 4.98 Å². The summed E-state index contributed by atoms with van der Waals surface area (Å²) in [6.45, 7) is 0. The Balaban J connectivity index is 1.54. The van der Waals surface area contributed by atoms with Gasteiger partial charge >= 0.3 is 21.3 Å². The van der Waals surface area contributed by atoms with Gasteiger partial charge in [0.15, 0.2) is 11.5 Å². The Kier molecular flexibility index (Phi) is 7.36. The topological polar surface area (TPSA) is 171 Å². The summed E-state index contributed by atoms with van der Waals surface area (Å²) in [6.07, 6.45) is 2.53. The van der Waals surface area contributed by atoms with Crippen LogP contribution in [0.15, 0.2) is 42.7 Å². The maximum atomic E-state index is 13.0. The number of pyridine rings is 1. The Morgan fingerprint density at radius 3 is 2.43 bits per heavy atom. The van der Waals surface area contributed by atoms with Crippen molar-refractivity contribution in [3.8, 4) is 11.5 Å². The number of benzene rings is 1. The van der Waals surface area contributed by atoms with Crippen LogP contribution in [-0.4, -0.2) is 44.3 Å². The SMILES string of the molecule is COc1cc(C2OP(=O)(O)C(O)(Cc3cccnc3)P(=O)(O)O2)ccc1OC(=O)OC1CCCC1. The van der Waals surface area contributed by atoms with Crippen LogP contribution < -0.4 is 9.47 Å². The second-order valence-electron chi connectivity index (χ2n) is 8.18. The average molecular weight is 529 g/mol. The third-order valence-corrected chi connectivity index (χ3v) is 10.4. The van der Waals surface area contributed by atoms with E-state index in [-0.39, 0.29) is 28.7 Å². The first kappa shape index (κ1) is 25.8. The molecule has 1 saturated carbocycles. The first-order valence-corrected chi connectivity index (χ1v) is 13.9. The van der Waals surface area contributed by atoms with Gasteiger partial charge in [-0.15, -0.1) is 0 Å². The molecule has 2 atom stereocenters. The lowest BCUT2D eigenvalue weighted by Gasteiger charge is -2.41. The number of rotatable bonds is 6. The van der Waals surface area contributed by atoms with Crippen LogP contribution in [0.3, 0.4) is 0 Å². The highest BCUT2D eigenvalue weighted by Gasteiger charge is 2.67. The van der Waals surface area contributed by atoms with Gasteiger partial charge in [-0.1, -0.05) is 6.07 Å². The van der Waals surface area contributed by atoms with Crippen molar-refractivity contribution < 1.29 is 52.1 Å². The van der Waals surface area contributed by atoms with Crippen LogP contribution >= 0.6 is 15.2 Å². The number of hydrogen-bond donors (Lipinski definition) is 3. The van der Waals surface area contributed by atoms with Crippen molar-refractivity contribution in [1.82, 2.24) is 4.98 Å². The highest BCUT2D eigenvalue weighted by atomic mass is 31.2. The lowest BCUT2D eigenvalue weighted by atomic mass is 10.2. The summed E-state index contributed by atoms with van der Waals surface area (Å²) in [4.78, 5) is 36.9. The minimum Gasteiger partial charge on any atom is -0.493 e. The molecule has 12 nitrogen and oxygen atoms in total. The van der Waals surface area contributed by atoms with Gasteiger partial charge in [0.2, 0.25) is 6.29 Å². The minimum atomic E-state index is -5.15. The van der Waals surface area contributed by atoms with E-state index < -0.39 is 39.1 Å². The largest absolute Gasteiger partial charge is 0.514 e. The van der Waals surface area contributed by atoms with Crippen LogP contribution in [0.4, 0.5) is 4.79 Å². The van der Waals surface area contributed by atoms with Crippen LogP contribution in [0.5, 0.6) is 11.5 Å². The average Bonchev–Trinajstić information content (AvgIpc) is 3.31. The van der Waals surface area contributed by atoms with Crippen LogP contribution in [0.1, 0.15) is 43.1 Å². The van der Waals surface area contributed by atoms with Crippen molar-refractivity contribution in [3.05, 3.63) is 53.9 Å². The van der Waals surface area contributed by atoms with Gasteiger partial charge in [0.25, 0.3) is 5.08 Å². The summed E-state index contributed by atoms with van der Waals surface area (Å²) in [5.41, 5.74) is 0.224. The molecule has 2 aliphatic rings. The maximum Gasteiger partial charge on any atom is 0.514 e. The third-order valence-electron chi connectivity index (χ3n) is 5.76. The molecule has 1 saturated heterocycles. The predicted molar refractivity (Wildman–Crippen MR) is 120 cm³/mol. The van der Waals surface area contributed by atoms with Crippen LogP contribution in [-0.2, 0) is 29.3 Å². The van der Waals surface area contributed by atoms with Gasteiger partial charge in [0, 0.05) is 24.4 Å².